The van der Waals surface area contributed by atoms with Crippen molar-refractivity contribution in [3.8, 4) is 11.4 Å². The average Bonchev–Trinajstić information content (AvgIpc) is 3.16. The Kier molecular flexibility index (Phi) is 4.19. The van der Waals surface area contributed by atoms with Gasteiger partial charge in [0.15, 0.2) is 0 Å². The van der Waals surface area contributed by atoms with E-state index in [1.165, 1.54) is 14.2 Å². The lowest BCUT2D eigenvalue weighted by atomic mass is 10.1. The molecule has 0 saturated heterocycles. The Morgan fingerprint density at radius 2 is 1.11 bits per heavy atom. The molecule has 4 rings (SSSR count). The van der Waals surface area contributed by atoms with Crippen molar-refractivity contribution < 1.29 is 19.1 Å². The summed E-state index contributed by atoms with van der Waals surface area (Å²) in [6.45, 7) is 3.79. The monoisotopic (exact) mass is 376 g/mol. The first-order valence-corrected chi connectivity index (χ1v) is 8.87. The molecule has 0 N–H and O–H groups in total. The fourth-order valence-electron chi connectivity index (χ4n) is 3.97. The molecule has 0 aliphatic carbocycles. The molecule has 4 aromatic rings. The van der Waals surface area contributed by atoms with Crippen molar-refractivity contribution in [1.82, 2.24) is 8.80 Å². The minimum absolute atomic E-state index is 0.390. The van der Waals surface area contributed by atoms with Crippen molar-refractivity contribution in [2.45, 2.75) is 13.8 Å². The van der Waals surface area contributed by atoms with Crippen LogP contribution in [-0.4, -0.2) is 35.0 Å². The van der Waals surface area contributed by atoms with E-state index >= 15 is 0 Å². The van der Waals surface area contributed by atoms with E-state index in [4.69, 9.17) is 9.47 Å². The third kappa shape index (κ3) is 2.34. The molecule has 0 radical (unpaired) electrons. The van der Waals surface area contributed by atoms with Crippen molar-refractivity contribution in [3.63, 3.8) is 0 Å². The third-order valence-electron chi connectivity index (χ3n) is 5.18. The summed E-state index contributed by atoms with van der Waals surface area (Å²) < 4.78 is 14.0. The van der Waals surface area contributed by atoms with Crippen LogP contribution in [0.15, 0.2) is 48.8 Å². The van der Waals surface area contributed by atoms with Crippen LogP contribution in [0.1, 0.15) is 31.8 Å². The van der Waals surface area contributed by atoms with Crippen LogP contribution < -0.4 is 0 Å². The minimum Gasteiger partial charge on any atom is -0.465 e. The molecular weight excluding hydrogens is 356 g/mol. The standard InChI is InChI=1S/C22H20N2O4/c1-13-17(21(25)27-3)15-9-5-7-11-23(15)19(13)20-14(2)18(22(26)28-4)16-10-6-8-12-24(16)20/h5-12H,1-4H3. The lowest BCUT2D eigenvalue weighted by Crippen LogP contribution is -2.02. The number of hydrogen-bond donors (Lipinski definition) is 0. The quantitative estimate of drug-likeness (QED) is 0.506. The Morgan fingerprint density at radius 1 is 0.714 bits per heavy atom. The zero-order chi connectivity index (χ0) is 20.0. The number of carbonyl (C=O) groups is 2. The maximum Gasteiger partial charge on any atom is 0.340 e. The van der Waals surface area contributed by atoms with Crippen molar-refractivity contribution in [2.75, 3.05) is 14.2 Å². The van der Waals surface area contributed by atoms with E-state index in [0.717, 1.165) is 33.5 Å². The smallest absolute Gasteiger partial charge is 0.340 e. The van der Waals surface area contributed by atoms with E-state index in [0.29, 0.717) is 11.1 Å². The van der Waals surface area contributed by atoms with E-state index in [9.17, 15) is 9.59 Å². The second-order valence-electron chi connectivity index (χ2n) is 6.59. The molecule has 142 valence electrons. The third-order valence-corrected chi connectivity index (χ3v) is 5.18. The highest BCUT2D eigenvalue weighted by Crippen LogP contribution is 2.37. The van der Waals surface area contributed by atoms with Crippen molar-refractivity contribution in [1.29, 1.82) is 0 Å². The number of hydrogen-bond acceptors (Lipinski definition) is 4. The topological polar surface area (TPSA) is 61.4 Å². The molecule has 0 saturated carbocycles. The van der Waals surface area contributed by atoms with Crippen LogP contribution >= 0.6 is 0 Å². The number of pyridine rings is 2. The number of fused-ring (bicyclic) bond motifs is 2. The van der Waals surface area contributed by atoms with Crippen LogP contribution in [0.4, 0.5) is 0 Å². The Labute approximate surface area is 161 Å². The van der Waals surface area contributed by atoms with Crippen LogP contribution in [-0.2, 0) is 9.47 Å². The number of nitrogens with zero attached hydrogens (tertiary/aromatic N) is 2. The molecule has 4 aromatic heterocycles. The number of aromatic nitrogens is 2. The van der Waals surface area contributed by atoms with Gasteiger partial charge in [0.1, 0.15) is 0 Å². The molecule has 0 bridgehead atoms. The molecular formula is C22H20N2O4. The lowest BCUT2D eigenvalue weighted by molar-refractivity contribution is 0.0593. The molecule has 6 nitrogen and oxygen atoms in total. The van der Waals surface area contributed by atoms with Crippen LogP contribution in [0.25, 0.3) is 22.4 Å². The largest absolute Gasteiger partial charge is 0.465 e. The Hall–Kier alpha value is -3.54. The van der Waals surface area contributed by atoms with Crippen LogP contribution in [0.5, 0.6) is 0 Å². The summed E-state index contributed by atoms with van der Waals surface area (Å²) in [7, 11) is 2.75. The zero-order valence-corrected chi connectivity index (χ0v) is 16.1. The lowest BCUT2D eigenvalue weighted by Gasteiger charge is -2.07. The van der Waals surface area contributed by atoms with Gasteiger partial charge >= 0.3 is 11.9 Å². The SMILES string of the molecule is COC(=O)c1c(C)c(-c2c(C)c(C(=O)OC)c3ccccn23)n2ccccc12. The predicted molar refractivity (Wildman–Crippen MR) is 106 cm³/mol. The van der Waals surface area contributed by atoms with E-state index in [1.54, 1.807) is 0 Å². The van der Waals surface area contributed by atoms with Gasteiger partial charge < -0.3 is 18.3 Å². The number of carbonyl (C=O) groups excluding carboxylic acids is 2. The highest BCUT2D eigenvalue weighted by atomic mass is 16.5. The van der Waals surface area contributed by atoms with Gasteiger partial charge in [-0.05, 0) is 49.2 Å². The highest BCUT2D eigenvalue weighted by molar-refractivity contribution is 6.04. The second-order valence-corrected chi connectivity index (χ2v) is 6.59. The molecule has 4 heterocycles. The van der Waals surface area contributed by atoms with Gasteiger partial charge in [-0.3, -0.25) is 0 Å². The number of rotatable bonds is 3. The maximum absolute atomic E-state index is 12.5. The molecule has 0 spiro atoms. The first-order valence-electron chi connectivity index (χ1n) is 8.87. The van der Waals surface area contributed by atoms with Crippen LogP contribution in [0.3, 0.4) is 0 Å². The minimum atomic E-state index is -0.390. The fourth-order valence-corrected chi connectivity index (χ4v) is 3.97. The fraction of sp³-hybridized carbons (Fsp3) is 0.182. The van der Waals surface area contributed by atoms with Crippen molar-refractivity contribution in [2.24, 2.45) is 0 Å². The second kappa shape index (κ2) is 6.56. The molecule has 0 atom stereocenters. The Balaban J connectivity index is 2.18. The zero-order valence-electron chi connectivity index (χ0n) is 16.1. The summed E-state index contributed by atoms with van der Waals surface area (Å²) in [5.41, 5.74) is 5.81. The van der Waals surface area contributed by atoms with Gasteiger partial charge in [-0.15, -0.1) is 0 Å². The summed E-state index contributed by atoms with van der Waals surface area (Å²) in [4.78, 5) is 25.0. The van der Waals surface area contributed by atoms with Gasteiger partial charge in [0.25, 0.3) is 0 Å². The Bertz CT molecular complexity index is 1150. The van der Waals surface area contributed by atoms with E-state index in [1.807, 2.05) is 71.4 Å². The van der Waals surface area contributed by atoms with Gasteiger partial charge in [-0.1, -0.05) is 12.1 Å². The molecule has 0 aromatic carbocycles. The van der Waals surface area contributed by atoms with E-state index in [-0.39, 0.29) is 11.9 Å². The van der Waals surface area contributed by atoms with Gasteiger partial charge in [-0.25, -0.2) is 9.59 Å². The molecule has 0 fully saturated rings. The van der Waals surface area contributed by atoms with Crippen LogP contribution in [0.2, 0.25) is 0 Å². The first-order chi connectivity index (χ1) is 13.5. The van der Waals surface area contributed by atoms with Gasteiger partial charge in [0, 0.05) is 12.4 Å². The van der Waals surface area contributed by atoms with Crippen LogP contribution in [0, 0.1) is 13.8 Å². The molecule has 0 amide bonds. The first kappa shape index (κ1) is 17.9. The average molecular weight is 376 g/mol. The maximum atomic E-state index is 12.5. The Morgan fingerprint density at radius 3 is 1.46 bits per heavy atom. The normalized spacial score (nSPS) is 11.1. The number of methoxy groups -OCH3 is 2. The number of esters is 2. The van der Waals surface area contributed by atoms with Crippen molar-refractivity contribution >= 4 is 23.0 Å². The summed E-state index contributed by atoms with van der Waals surface area (Å²) in [5, 5.41) is 0. The van der Waals surface area contributed by atoms with Crippen molar-refractivity contribution in [3.05, 3.63) is 71.0 Å². The summed E-state index contributed by atoms with van der Waals surface area (Å²) in [6.07, 6.45) is 3.81. The van der Waals surface area contributed by atoms with Gasteiger partial charge in [0.2, 0.25) is 0 Å². The summed E-state index contributed by atoms with van der Waals surface area (Å²) >= 11 is 0. The predicted octanol–water partition coefficient (Wildman–Crippen LogP) is 4.05. The van der Waals surface area contributed by atoms with E-state index < -0.39 is 0 Å². The molecule has 28 heavy (non-hydrogen) atoms. The summed E-state index contributed by atoms with van der Waals surface area (Å²) in [5.74, 6) is -0.779. The molecule has 0 aliphatic rings. The highest BCUT2D eigenvalue weighted by Gasteiger charge is 2.28. The van der Waals surface area contributed by atoms with E-state index in [2.05, 4.69) is 0 Å². The summed E-state index contributed by atoms with van der Waals surface area (Å²) in [6, 6.07) is 11.3. The molecule has 0 unspecified atom stereocenters. The molecule has 0 aliphatic heterocycles. The number of ether oxygens (including phenoxy) is 2. The van der Waals surface area contributed by atoms with Gasteiger partial charge in [-0.2, -0.15) is 0 Å². The molecule has 6 heteroatoms. The van der Waals surface area contributed by atoms with Gasteiger partial charge in [0.05, 0.1) is 47.8 Å².